The molecule has 0 aromatic carbocycles. The minimum Gasteiger partial charge on any atom is -0.465 e. The molecule has 1 aliphatic carbocycles. The van der Waals surface area contributed by atoms with Gasteiger partial charge in [-0.25, -0.2) is 14.6 Å². The first-order valence-corrected chi connectivity index (χ1v) is 14.0. The fourth-order valence-electron chi connectivity index (χ4n) is 5.90. The lowest BCUT2D eigenvalue weighted by molar-refractivity contribution is -0.571. The molecule has 11 heteroatoms. The molecule has 0 N–H and O–H groups in total. The molecule has 8 atom stereocenters. The molecule has 1 unspecified atom stereocenters. The molecule has 5 fully saturated rings. The summed E-state index contributed by atoms with van der Waals surface area (Å²) in [7, 11) is 1.27. The van der Waals surface area contributed by atoms with Crippen LogP contribution in [0.2, 0.25) is 0 Å². The van der Waals surface area contributed by atoms with Gasteiger partial charge in [-0.3, -0.25) is 4.79 Å². The molecule has 4 saturated heterocycles. The predicted molar refractivity (Wildman–Crippen MR) is 121 cm³/mol. The van der Waals surface area contributed by atoms with E-state index in [1.807, 2.05) is 6.92 Å². The van der Waals surface area contributed by atoms with E-state index in [0.717, 1.165) is 36.8 Å². The molecule has 0 radical (unpaired) electrons. The van der Waals surface area contributed by atoms with Gasteiger partial charge in [0.1, 0.15) is 17.7 Å². The molecule has 5 aliphatic rings. The summed E-state index contributed by atoms with van der Waals surface area (Å²) >= 11 is 0.905. The number of carbonyl (C=O) groups is 2. The zero-order chi connectivity index (χ0) is 23.6. The van der Waals surface area contributed by atoms with Crippen molar-refractivity contribution in [3.63, 3.8) is 0 Å². The van der Waals surface area contributed by atoms with E-state index >= 15 is 0 Å². The van der Waals surface area contributed by atoms with Crippen LogP contribution in [0.3, 0.4) is 0 Å². The topological polar surface area (TPSA) is 98.8 Å². The van der Waals surface area contributed by atoms with Crippen LogP contribution in [0.5, 0.6) is 0 Å². The van der Waals surface area contributed by atoms with Crippen molar-refractivity contribution in [2.45, 2.75) is 83.6 Å². The van der Waals surface area contributed by atoms with Gasteiger partial charge in [-0.1, -0.05) is 13.8 Å². The molecule has 33 heavy (non-hydrogen) atoms. The quantitative estimate of drug-likeness (QED) is 0.151. The van der Waals surface area contributed by atoms with Crippen molar-refractivity contribution in [1.82, 2.24) is 0 Å². The summed E-state index contributed by atoms with van der Waals surface area (Å²) in [5.74, 6) is 0.687. The highest BCUT2D eigenvalue weighted by atomic mass is 33.1. The third kappa shape index (κ3) is 5.28. The maximum Gasteiger partial charge on any atom is 0.521 e. The van der Waals surface area contributed by atoms with E-state index in [1.54, 1.807) is 0 Å². The average molecular weight is 507 g/mol. The van der Waals surface area contributed by atoms with Crippen molar-refractivity contribution < 1.29 is 42.5 Å². The Hall–Kier alpha value is -0.720. The highest BCUT2D eigenvalue weighted by Gasteiger charge is 2.69. The standard InChI is InChI=1S/C22H34O9S2/c1-13-5-6-17-14(2)18(8-10-26-20(24)29-33-32-12-11-25-15(3)23)27-19-22(17)16(13)7-9-21(4,28-19)30-31-22/h13-14,16-19H,5-12H2,1-4H3/t13-,14-,16+,17+,18?,19-,21+,22-/m1/s1. The summed E-state index contributed by atoms with van der Waals surface area (Å²) in [4.78, 5) is 34.6. The highest BCUT2D eigenvalue weighted by Crippen LogP contribution is 2.60. The lowest BCUT2D eigenvalue weighted by atomic mass is 9.57. The van der Waals surface area contributed by atoms with Crippen LogP contribution in [0, 0.1) is 23.7 Å². The molecule has 1 spiro atoms. The number of rotatable bonds is 8. The second-order valence-corrected chi connectivity index (χ2v) is 11.7. The lowest BCUT2D eigenvalue weighted by Crippen LogP contribution is -2.70. The highest BCUT2D eigenvalue weighted by molar-refractivity contribution is 8.75. The van der Waals surface area contributed by atoms with E-state index in [-0.39, 0.29) is 37.1 Å². The largest absolute Gasteiger partial charge is 0.521 e. The molecule has 9 nitrogen and oxygen atoms in total. The molecule has 0 aromatic rings. The van der Waals surface area contributed by atoms with Gasteiger partial charge in [-0.15, -0.1) is 0 Å². The first kappa shape index (κ1) is 25.4. The van der Waals surface area contributed by atoms with Crippen LogP contribution < -0.4 is 0 Å². The van der Waals surface area contributed by atoms with Crippen molar-refractivity contribution in [2.24, 2.45) is 23.7 Å². The van der Waals surface area contributed by atoms with Crippen LogP contribution >= 0.6 is 21.9 Å². The molecule has 0 amide bonds. The Labute approximate surface area is 202 Å². The third-order valence-electron chi connectivity index (χ3n) is 7.54. The van der Waals surface area contributed by atoms with Gasteiger partial charge >= 0.3 is 12.1 Å². The Morgan fingerprint density at radius 2 is 1.88 bits per heavy atom. The van der Waals surface area contributed by atoms with Gasteiger partial charge in [0.15, 0.2) is 11.9 Å². The Morgan fingerprint density at radius 1 is 1.06 bits per heavy atom. The summed E-state index contributed by atoms with van der Waals surface area (Å²) < 4.78 is 27.8. The first-order chi connectivity index (χ1) is 15.7. The van der Waals surface area contributed by atoms with Crippen LogP contribution in [0.15, 0.2) is 0 Å². The van der Waals surface area contributed by atoms with Crippen molar-refractivity contribution in [3.05, 3.63) is 0 Å². The first-order valence-electron chi connectivity index (χ1n) is 11.7. The summed E-state index contributed by atoms with van der Waals surface area (Å²) in [6, 6.07) is 0. The lowest BCUT2D eigenvalue weighted by Gasteiger charge is -2.60. The molecule has 1 saturated carbocycles. The molecule has 4 aliphatic heterocycles. The number of hydrogen-bond donors (Lipinski definition) is 0. The van der Waals surface area contributed by atoms with Crippen molar-refractivity contribution in [1.29, 1.82) is 0 Å². The Balaban J connectivity index is 1.28. The summed E-state index contributed by atoms with van der Waals surface area (Å²) in [5, 5.41) is 0. The molecule has 2 bridgehead atoms. The second-order valence-electron chi connectivity index (χ2n) is 9.64. The fraction of sp³-hybridized carbons (Fsp3) is 0.909. The third-order valence-corrected chi connectivity index (χ3v) is 9.17. The monoisotopic (exact) mass is 506 g/mol. The van der Waals surface area contributed by atoms with Crippen molar-refractivity contribution >= 4 is 34.0 Å². The molecular weight excluding hydrogens is 472 g/mol. The van der Waals surface area contributed by atoms with Crippen molar-refractivity contribution in [2.75, 3.05) is 19.0 Å². The van der Waals surface area contributed by atoms with Crippen LogP contribution in [0.4, 0.5) is 4.79 Å². The second kappa shape index (κ2) is 10.5. The zero-order valence-electron chi connectivity index (χ0n) is 19.6. The molecule has 4 heterocycles. The van der Waals surface area contributed by atoms with E-state index in [9.17, 15) is 9.59 Å². The van der Waals surface area contributed by atoms with Crippen LogP contribution in [0.1, 0.15) is 59.8 Å². The van der Waals surface area contributed by atoms with Crippen LogP contribution in [-0.4, -0.2) is 54.9 Å². The van der Waals surface area contributed by atoms with E-state index in [1.165, 1.54) is 17.7 Å². The molecule has 0 aromatic heterocycles. The van der Waals surface area contributed by atoms with Gasteiger partial charge in [0.25, 0.3) is 0 Å². The number of hydrogen-bond acceptors (Lipinski definition) is 11. The van der Waals surface area contributed by atoms with Gasteiger partial charge in [0, 0.05) is 31.4 Å². The van der Waals surface area contributed by atoms with E-state index in [4.69, 9.17) is 32.9 Å². The molecular formula is C22H34O9S2. The van der Waals surface area contributed by atoms with Gasteiger partial charge < -0.3 is 23.1 Å². The fourth-order valence-corrected chi connectivity index (χ4v) is 6.99. The van der Waals surface area contributed by atoms with E-state index in [0.29, 0.717) is 24.0 Å². The zero-order valence-corrected chi connectivity index (χ0v) is 21.2. The number of esters is 1. The van der Waals surface area contributed by atoms with E-state index < -0.39 is 23.8 Å². The number of ether oxygens (including phenoxy) is 4. The minimum atomic E-state index is -0.798. The van der Waals surface area contributed by atoms with Crippen LogP contribution in [0.25, 0.3) is 0 Å². The molecule has 5 rings (SSSR count). The maximum atomic E-state index is 11.9. The Morgan fingerprint density at radius 3 is 2.67 bits per heavy atom. The number of fused-ring (bicyclic) bond motifs is 2. The van der Waals surface area contributed by atoms with Gasteiger partial charge in [-0.2, -0.15) is 0 Å². The molecule has 188 valence electrons. The summed E-state index contributed by atoms with van der Waals surface area (Å²) in [5.41, 5.74) is -0.580. The smallest absolute Gasteiger partial charge is 0.465 e. The maximum absolute atomic E-state index is 11.9. The predicted octanol–water partition coefficient (Wildman–Crippen LogP) is 4.64. The number of carbonyl (C=O) groups excluding carboxylic acids is 2. The van der Waals surface area contributed by atoms with Gasteiger partial charge in [0.2, 0.25) is 5.79 Å². The minimum absolute atomic E-state index is 0.121. The normalized spacial score (nSPS) is 41.6. The van der Waals surface area contributed by atoms with Crippen LogP contribution in [-0.2, 0) is 37.7 Å². The van der Waals surface area contributed by atoms with Gasteiger partial charge in [-0.05, 0) is 54.7 Å². The van der Waals surface area contributed by atoms with E-state index in [2.05, 4.69) is 13.8 Å². The summed E-state index contributed by atoms with van der Waals surface area (Å²) in [6.45, 7) is 8.19. The average Bonchev–Trinajstić information content (AvgIpc) is 3.00. The Kier molecular flexibility index (Phi) is 8.07. The summed E-state index contributed by atoms with van der Waals surface area (Å²) in [6.07, 6.45) is 3.14. The SMILES string of the molecule is CC(=O)OCCSSOC(=O)OCCC1O[C@@H]2O[C@]3(C)CC[C@H]4[C@H](C)CC[C@@H]([C@H]1C)[C@@]24OO3. The Bertz CT molecular complexity index is 724. The van der Waals surface area contributed by atoms with Crippen molar-refractivity contribution in [3.8, 4) is 0 Å². The van der Waals surface area contributed by atoms with Gasteiger partial charge in [0.05, 0.1) is 12.7 Å².